The first kappa shape index (κ1) is 13.8. The smallest absolute Gasteiger partial charge is 0.238 e. The minimum Gasteiger partial charge on any atom is -0.343 e. The Morgan fingerprint density at radius 2 is 1.71 bits per heavy atom. The van der Waals surface area contributed by atoms with Crippen LogP contribution in [0.2, 0.25) is 0 Å². The van der Waals surface area contributed by atoms with Crippen molar-refractivity contribution in [3.8, 4) is 0 Å². The third-order valence-corrected chi connectivity index (χ3v) is 3.45. The van der Waals surface area contributed by atoms with E-state index in [-0.39, 0.29) is 10.7 Å². The maximum atomic E-state index is 11.9. The van der Waals surface area contributed by atoms with Crippen LogP contribution in [0.1, 0.15) is 13.8 Å². The van der Waals surface area contributed by atoms with Crippen LogP contribution in [0.4, 0.5) is 0 Å². The predicted molar refractivity (Wildman–Crippen MR) is 63.8 cm³/mol. The first-order valence-electron chi connectivity index (χ1n) is 4.76. The van der Waals surface area contributed by atoms with Crippen molar-refractivity contribution in [3.05, 3.63) is 0 Å². The fourth-order valence-electron chi connectivity index (χ4n) is 0.998. The summed E-state index contributed by atoms with van der Waals surface area (Å²) in [6.45, 7) is 5.63. The molecule has 14 heavy (non-hydrogen) atoms. The summed E-state index contributed by atoms with van der Waals surface area (Å²) in [6.07, 6.45) is 1.97. The van der Waals surface area contributed by atoms with Crippen molar-refractivity contribution in [1.82, 2.24) is 9.80 Å². The van der Waals surface area contributed by atoms with E-state index in [0.717, 1.165) is 13.1 Å². The molecule has 4 heteroatoms. The molecule has 0 N–H and O–H groups in total. The molecule has 0 aliphatic carbocycles. The molecule has 0 bridgehead atoms. The zero-order valence-electron chi connectivity index (χ0n) is 10.1. The molecular formula is C10H22N2OS. The van der Waals surface area contributed by atoms with E-state index in [9.17, 15) is 4.79 Å². The summed E-state index contributed by atoms with van der Waals surface area (Å²) in [4.78, 5) is 15.8. The Hall–Kier alpha value is -0.220. The molecule has 0 aliphatic rings. The summed E-state index contributed by atoms with van der Waals surface area (Å²) < 4.78 is -0.305. The summed E-state index contributed by atoms with van der Waals surface area (Å²) in [7, 11) is 5.89. The van der Waals surface area contributed by atoms with Gasteiger partial charge >= 0.3 is 0 Å². The Morgan fingerprint density at radius 1 is 1.21 bits per heavy atom. The maximum absolute atomic E-state index is 11.9. The second-order valence-corrected chi connectivity index (χ2v) is 5.67. The second kappa shape index (κ2) is 5.61. The monoisotopic (exact) mass is 218 g/mol. The normalized spacial score (nSPS) is 11.9. The SMILES string of the molecule is CSC(C)(C)C(=O)N(C)CCN(C)C. The highest BCUT2D eigenvalue weighted by Crippen LogP contribution is 2.23. The number of carbonyl (C=O) groups is 1. The third kappa shape index (κ3) is 4.33. The zero-order chi connectivity index (χ0) is 11.4. The number of hydrogen-bond donors (Lipinski definition) is 0. The van der Waals surface area contributed by atoms with E-state index in [4.69, 9.17) is 0 Å². The van der Waals surface area contributed by atoms with Gasteiger partial charge < -0.3 is 9.80 Å². The molecule has 0 aliphatic heterocycles. The van der Waals surface area contributed by atoms with Gasteiger partial charge in [-0.2, -0.15) is 0 Å². The van der Waals surface area contributed by atoms with Crippen molar-refractivity contribution in [1.29, 1.82) is 0 Å². The van der Waals surface area contributed by atoms with Gasteiger partial charge in [0.25, 0.3) is 0 Å². The summed E-state index contributed by atoms with van der Waals surface area (Å²) in [5, 5.41) is 0. The van der Waals surface area contributed by atoms with Gasteiger partial charge in [0.2, 0.25) is 5.91 Å². The van der Waals surface area contributed by atoms with Crippen molar-refractivity contribution in [2.75, 3.05) is 40.5 Å². The van der Waals surface area contributed by atoms with Gasteiger partial charge in [-0.15, -0.1) is 11.8 Å². The fraction of sp³-hybridized carbons (Fsp3) is 0.900. The van der Waals surface area contributed by atoms with Gasteiger partial charge in [-0.1, -0.05) is 0 Å². The predicted octanol–water partition coefficient (Wildman–Crippen LogP) is 1.15. The lowest BCUT2D eigenvalue weighted by Gasteiger charge is -2.28. The molecule has 84 valence electrons. The summed E-state index contributed by atoms with van der Waals surface area (Å²) >= 11 is 1.59. The molecule has 0 spiro atoms. The van der Waals surface area contributed by atoms with Gasteiger partial charge in [0, 0.05) is 20.1 Å². The third-order valence-electron chi connectivity index (χ3n) is 2.25. The van der Waals surface area contributed by atoms with Gasteiger partial charge in [0.15, 0.2) is 0 Å². The van der Waals surface area contributed by atoms with Crippen molar-refractivity contribution in [3.63, 3.8) is 0 Å². The Morgan fingerprint density at radius 3 is 2.07 bits per heavy atom. The van der Waals surface area contributed by atoms with Crippen LogP contribution in [0.3, 0.4) is 0 Å². The van der Waals surface area contributed by atoms with Crippen molar-refractivity contribution < 1.29 is 4.79 Å². The van der Waals surface area contributed by atoms with Crippen LogP contribution in [-0.2, 0) is 4.79 Å². The van der Waals surface area contributed by atoms with Crippen molar-refractivity contribution in [2.24, 2.45) is 0 Å². The zero-order valence-corrected chi connectivity index (χ0v) is 10.9. The number of carbonyl (C=O) groups excluding carboxylic acids is 1. The molecule has 0 radical (unpaired) electrons. The molecule has 0 rings (SSSR count). The highest BCUT2D eigenvalue weighted by molar-refractivity contribution is 8.00. The number of likely N-dealkylation sites (N-methyl/N-ethyl adjacent to an activating group) is 2. The van der Waals surface area contributed by atoms with Gasteiger partial charge in [-0.05, 0) is 34.2 Å². The minimum absolute atomic E-state index is 0.201. The average molecular weight is 218 g/mol. The van der Waals surface area contributed by atoms with E-state index in [1.54, 1.807) is 16.7 Å². The summed E-state index contributed by atoms with van der Waals surface area (Å²) in [5.74, 6) is 0.201. The first-order chi connectivity index (χ1) is 6.31. The molecule has 0 heterocycles. The van der Waals surface area contributed by atoms with Crippen LogP contribution in [0, 0.1) is 0 Å². The van der Waals surface area contributed by atoms with E-state index < -0.39 is 0 Å². The fourth-order valence-corrected chi connectivity index (χ4v) is 1.33. The van der Waals surface area contributed by atoms with E-state index >= 15 is 0 Å². The topological polar surface area (TPSA) is 23.6 Å². The molecule has 0 aromatic carbocycles. The number of thioether (sulfide) groups is 1. The average Bonchev–Trinajstić information content (AvgIpc) is 2.12. The molecule has 0 aromatic heterocycles. The Bertz CT molecular complexity index is 193. The minimum atomic E-state index is -0.305. The Kier molecular flexibility index (Phi) is 5.52. The first-order valence-corrected chi connectivity index (χ1v) is 5.99. The van der Waals surface area contributed by atoms with Crippen LogP contribution < -0.4 is 0 Å². The van der Waals surface area contributed by atoms with E-state index in [0.29, 0.717) is 0 Å². The van der Waals surface area contributed by atoms with Crippen LogP contribution in [0.5, 0.6) is 0 Å². The van der Waals surface area contributed by atoms with E-state index in [1.807, 2.05) is 41.2 Å². The van der Waals surface area contributed by atoms with Gasteiger partial charge in [-0.3, -0.25) is 4.79 Å². The summed E-state index contributed by atoms with van der Waals surface area (Å²) in [5.41, 5.74) is 0. The standard InChI is InChI=1S/C10H22N2OS/c1-10(2,14-6)9(13)12(5)8-7-11(3)4/h7-8H2,1-6H3. The van der Waals surface area contributed by atoms with Gasteiger partial charge in [-0.25, -0.2) is 0 Å². The van der Waals surface area contributed by atoms with E-state index in [2.05, 4.69) is 4.90 Å². The highest BCUT2D eigenvalue weighted by Gasteiger charge is 2.28. The number of rotatable bonds is 5. The lowest BCUT2D eigenvalue weighted by atomic mass is 10.2. The number of nitrogens with zero attached hydrogens (tertiary/aromatic N) is 2. The van der Waals surface area contributed by atoms with Crippen molar-refractivity contribution >= 4 is 17.7 Å². The largest absolute Gasteiger partial charge is 0.343 e. The molecule has 0 aromatic rings. The molecule has 0 unspecified atom stereocenters. The lowest BCUT2D eigenvalue weighted by Crippen LogP contribution is -2.43. The second-order valence-electron chi connectivity index (χ2n) is 4.24. The Balaban J connectivity index is 4.12. The molecule has 0 atom stereocenters. The van der Waals surface area contributed by atoms with Crippen LogP contribution in [-0.4, -0.2) is 60.9 Å². The van der Waals surface area contributed by atoms with Crippen LogP contribution >= 0.6 is 11.8 Å². The number of amides is 1. The highest BCUT2D eigenvalue weighted by atomic mass is 32.2. The molecule has 1 amide bonds. The van der Waals surface area contributed by atoms with Gasteiger partial charge in [0.05, 0.1) is 4.75 Å². The quantitative estimate of drug-likeness (QED) is 0.691. The Labute approximate surface area is 91.8 Å². The molecule has 0 saturated carbocycles. The van der Waals surface area contributed by atoms with Gasteiger partial charge in [0.1, 0.15) is 0 Å². The molecule has 0 saturated heterocycles. The van der Waals surface area contributed by atoms with Crippen molar-refractivity contribution in [2.45, 2.75) is 18.6 Å². The van der Waals surface area contributed by atoms with E-state index in [1.165, 1.54) is 0 Å². The lowest BCUT2D eigenvalue weighted by molar-refractivity contribution is -0.131. The maximum Gasteiger partial charge on any atom is 0.238 e. The summed E-state index contributed by atoms with van der Waals surface area (Å²) in [6, 6.07) is 0. The van der Waals surface area contributed by atoms with Crippen LogP contribution in [0.15, 0.2) is 0 Å². The molecular weight excluding hydrogens is 196 g/mol. The number of hydrogen-bond acceptors (Lipinski definition) is 3. The molecule has 0 fully saturated rings. The van der Waals surface area contributed by atoms with Crippen LogP contribution in [0.25, 0.3) is 0 Å². The molecule has 3 nitrogen and oxygen atoms in total.